The highest BCUT2D eigenvalue weighted by Crippen LogP contribution is 2.34. The molecule has 1 aliphatic rings. The Kier molecular flexibility index (Phi) is 3.67. The molecule has 0 saturated carbocycles. The number of ether oxygens (including phenoxy) is 1. The van der Waals surface area contributed by atoms with E-state index in [1.165, 1.54) is 0 Å². The molecule has 106 valence electrons. The maximum absolute atomic E-state index is 9.38. The van der Waals surface area contributed by atoms with Crippen LogP contribution in [-0.4, -0.2) is 34.1 Å². The van der Waals surface area contributed by atoms with Crippen LogP contribution in [0.5, 0.6) is 5.75 Å². The van der Waals surface area contributed by atoms with Crippen LogP contribution in [0.2, 0.25) is 0 Å². The molecule has 1 unspecified atom stereocenters. The van der Waals surface area contributed by atoms with Crippen LogP contribution in [0.25, 0.3) is 0 Å². The van der Waals surface area contributed by atoms with Crippen molar-refractivity contribution < 1.29 is 9.84 Å². The molecule has 3 rings (SSSR count). The Labute approximate surface area is 125 Å². The van der Waals surface area contributed by atoms with E-state index in [9.17, 15) is 5.11 Å². The van der Waals surface area contributed by atoms with Crippen molar-refractivity contribution in [1.29, 1.82) is 0 Å². The number of aliphatic hydroxyl groups is 1. The Morgan fingerprint density at radius 3 is 2.95 bits per heavy atom. The monoisotopic (exact) mass is 337 g/mol. The number of aryl methyl sites for hydroxylation is 1. The zero-order chi connectivity index (χ0) is 14.1. The van der Waals surface area contributed by atoms with Crippen molar-refractivity contribution in [3.63, 3.8) is 0 Å². The van der Waals surface area contributed by atoms with E-state index in [1.807, 2.05) is 37.5 Å². The lowest BCUT2D eigenvalue weighted by molar-refractivity contribution is 0.112. The summed E-state index contributed by atoms with van der Waals surface area (Å²) < 4.78 is 8.53. The van der Waals surface area contributed by atoms with E-state index in [4.69, 9.17) is 4.74 Å². The third kappa shape index (κ3) is 2.53. The molecule has 0 saturated heterocycles. The van der Waals surface area contributed by atoms with Crippen LogP contribution in [0, 0.1) is 0 Å². The van der Waals surface area contributed by atoms with Crippen molar-refractivity contribution in [2.45, 2.75) is 12.6 Å². The van der Waals surface area contributed by atoms with Crippen LogP contribution >= 0.6 is 15.9 Å². The molecule has 1 aromatic carbocycles. The molecule has 1 aromatic heterocycles. The average molecular weight is 338 g/mol. The topological polar surface area (TPSA) is 50.5 Å². The maximum atomic E-state index is 9.38. The number of nitrogens with zero attached hydrogens (tertiary/aromatic N) is 3. The molecule has 0 amide bonds. The molecule has 1 N–H and O–H groups in total. The highest BCUT2D eigenvalue weighted by molar-refractivity contribution is 9.10. The normalized spacial score (nSPS) is 17.8. The number of para-hydroxylation sites is 2. The predicted molar refractivity (Wildman–Crippen MR) is 79.9 cm³/mol. The lowest BCUT2D eigenvalue weighted by Crippen LogP contribution is -2.41. The SMILES string of the molecule is Cn1cc(Br)c(CN2CC(CO)Oc3ccccc32)n1. The molecule has 0 radical (unpaired) electrons. The van der Waals surface area contributed by atoms with E-state index in [1.54, 1.807) is 4.68 Å². The van der Waals surface area contributed by atoms with E-state index in [2.05, 4.69) is 25.9 Å². The molecule has 5 nitrogen and oxygen atoms in total. The van der Waals surface area contributed by atoms with Crippen molar-refractivity contribution in [2.24, 2.45) is 7.05 Å². The molecule has 1 aliphatic heterocycles. The summed E-state index contributed by atoms with van der Waals surface area (Å²) in [6.45, 7) is 1.34. The van der Waals surface area contributed by atoms with Crippen molar-refractivity contribution in [3.05, 3.63) is 40.6 Å². The quantitative estimate of drug-likeness (QED) is 0.929. The Morgan fingerprint density at radius 1 is 1.45 bits per heavy atom. The number of anilines is 1. The lowest BCUT2D eigenvalue weighted by atomic mass is 10.2. The maximum Gasteiger partial charge on any atom is 0.143 e. The molecule has 0 aliphatic carbocycles. The second-order valence-corrected chi connectivity index (χ2v) is 5.72. The smallest absolute Gasteiger partial charge is 0.143 e. The van der Waals surface area contributed by atoms with Gasteiger partial charge in [0.15, 0.2) is 0 Å². The summed E-state index contributed by atoms with van der Waals surface area (Å²) in [6.07, 6.45) is 1.73. The number of hydrogen-bond acceptors (Lipinski definition) is 4. The van der Waals surface area contributed by atoms with E-state index in [-0.39, 0.29) is 12.7 Å². The predicted octanol–water partition coefficient (Wildman–Crippen LogP) is 1.94. The number of hydrogen-bond donors (Lipinski definition) is 1. The largest absolute Gasteiger partial charge is 0.484 e. The van der Waals surface area contributed by atoms with E-state index >= 15 is 0 Å². The van der Waals surface area contributed by atoms with Gasteiger partial charge in [-0.3, -0.25) is 4.68 Å². The van der Waals surface area contributed by atoms with Gasteiger partial charge in [0, 0.05) is 13.2 Å². The molecule has 0 bridgehead atoms. The number of fused-ring (bicyclic) bond motifs is 1. The van der Waals surface area contributed by atoms with Gasteiger partial charge in [0.25, 0.3) is 0 Å². The molecular formula is C14H16BrN3O2. The van der Waals surface area contributed by atoms with E-state index < -0.39 is 0 Å². The van der Waals surface area contributed by atoms with E-state index in [0.717, 1.165) is 21.6 Å². The highest BCUT2D eigenvalue weighted by Gasteiger charge is 2.26. The van der Waals surface area contributed by atoms with Crippen molar-refractivity contribution in [2.75, 3.05) is 18.1 Å². The van der Waals surface area contributed by atoms with Crippen LogP contribution < -0.4 is 9.64 Å². The van der Waals surface area contributed by atoms with Gasteiger partial charge in [0.1, 0.15) is 11.9 Å². The summed E-state index contributed by atoms with van der Waals surface area (Å²) >= 11 is 3.53. The molecule has 2 heterocycles. The fraction of sp³-hybridized carbons (Fsp3) is 0.357. The standard InChI is InChI=1S/C14H16BrN3O2/c1-17-7-11(15)12(16-17)8-18-6-10(9-19)20-14-5-3-2-4-13(14)18/h2-5,7,10,19H,6,8-9H2,1H3. The fourth-order valence-corrected chi connectivity index (χ4v) is 2.92. The number of benzene rings is 1. The number of aliphatic hydroxyl groups excluding tert-OH is 1. The van der Waals surface area contributed by atoms with Crippen LogP contribution in [-0.2, 0) is 13.6 Å². The summed E-state index contributed by atoms with van der Waals surface area (Å²) in [5, 5.41) is 13.8. The van der Waals surface area contributed by atoms with Gasteiger partial charge in [-0.25, -0.2) is 0 Å². The molecule has 1 atom stereocenters. The zero-order valence-corrected chi connectivity index (χ0v) is 12.7. The first-order chi connectivity index (χ1) is 9.67. The summed E-state index contributed by atoms with van der Waals surface area (Å²) in [7, 11) is 1.90. The van der Waals surface area contributed by atoms with Gasteiger partial charge >= 0.3 is 0 Å². The van der Waals surface area contributed by atoms with Crippen LogP contribution in [0.3, 0.4) is 0 Å². The highest BCUT2D eigenvalue weighted by atomic mass is 79.9. The van der Waals surface area contributed by atoms with Gasteiger partial charge in [-0.15, -0.1) is 0 Å². The number of halogens is 1. The molecule has 20 heavy (non-hydrogen) atoms. The summed E-state index contributed by atoms with van der Waals surface area (Å²) in [5.74, 6) is 0.810. The summed E-state index contributed by atoms with van der Waals surface area (Å²) in [6, 6.07) is 7.88. The van der Waals surface area contributed by atoms with Gasteiger partial charge in [-0.05, 0) is 28.1 Å². The third-order valence-electron chi connectivity index (χ3n) is 3.32. The molecular weight excluding hydrogens is 322 g/mol. The Morgan fingerprint density at radius 2 is 2.25 bits per heavy atom. The van der Waals surface area contributed by atoms with E-state index in [0.29, 0.717) is 13.1 Å². The van der Waals surface area contributed by atoms with Gasteiger partial charge in [-0.2, -0.15) is 5.10 Å². The second-order valence-electron chi connectivity index (χ2n) is 4.87. The Hall–Kier alpha value is -1.53. The summed E-state index contributed by atoms with van der Waals surface area (Å²) in [4.78, 5) is 2.19. The van der Waals surface area contributed by atoms with Gasteiger partial charge in [0.2, 0.25) is 0 Å². The minimum absolute atomic E-state index is 0.00816. The van der Waals surface area contributed by atoms with Crippen molar-refractivity contribution in [1.82, 2.24) is 9.78 Å². The minimum atomic E-state index is -0.201. The molecule has 6 heteroatoms. The van der Waals surface area contributed by atoms with Gasteiger partial charge in [-0.1, -0.05) is 12.1 Å². The second kappa shape index (κ2) is 5.46. The van der Waals surface area contributed by atoms with Crippen LogP contribution in [0.1, 0.15) is 5.69 Å². The fourth-order valence-electron chi connectivity index (χ4n) is 2.42. The summed E-state index contributed by atoms with van der Waals surface area (Å²) in [5.41, 5.74) is 2.01. The lowest BCUT2D eigenvalue weighted by Gasteiger charge is -2.35. The first-order valence-electron chi connectivity index (χ1n) is 6.47. The van der Waals surface area contributed by atoms with Crippen LogP contribution in [0.15, 0.2) is 34.9 Å². The van der Waals surface area contributed by atoms with Crippen molar-refractivity contribution in [3.8, 4) is 5.75 Å². The zero-order valence-electron chi connectivity index (χ0n) is 11.2. The Bertz CT molecular complexity index is 614. The first-order valence-corrected chi connectivity index (χ1v) is 7.26. The third-order valence-corrected chi connectivity index (χ3v) is 3.98. The van der Waals surface area contributed by atoms with Crippen LogP contribution in [0.4, 0.5) is 5.69 Å². The van der Waals surface area contributed by atoms with Gasteiger partial charge < -0.3 is 14.7 Å². The first kappa shape index (κ1) is 13.5. The average Bonchev–Trinajstić information content (AvgIpc) is 2.76. The van der Waals surface area contributed by atoms with Crippen molar-refractivity contribution >= 4 is 21.6 Å². The number of rotatable bonds is 3. The Balaban J connectivity index is 1.90. The molecule has 0 spiro atoms. The molecule has 2 aromatic rings. The minimum Gasteiger partial charge on any atom is -0.484 e. The number of aromatic nitrogens is 2. The van der Waals surface area contributed by atoms with Gasteiger partial charge in [0.05, 0.1) is 35.6 Å². The molecule has 0 fully saturated rings.